The van der Waals surface area contributed by atoms with Crippen molar-refractivity contribution in [1.82, 2.24) is 14.3 Å². The van der Waals surface area contributed by atoms with Gasteiger partial charge in [0.1, 0.15) is 5.69 Å². The van der Waals surface area contributed by atoms with Gasteiger partial charge in [0.15, 0.2) is 5.03 Å². The number of nitrogens with two attached hydrogens (primary N) is 1. The summed E-state index contributed by atoms with van der Waals surface area (Å²) in [5.41, 5.74) is 11.5. The Morgan fingerprint density at radius 3 is 2.41 bits per heavy atom. The minimum atomic E-state index is -4.18. The maximum atomic E-state index is 13.2. The molecule has 0 fully saturated rings. The number of fused-ring (bicyclic) bond motifs is 1. The van der Waals surface area contributed by atoms with E-state index in [0.29, 0.717) is 6.54 Å². The number of aromatic nitrogens is 2. The van der Waals surface area contributed by atoms with Crippen molar-refractivity contribution >= 4 is 32.5 Å². The number of nitrogen functional groups attached to an aromatic ring is 1. The first-order valence-electron chi connectivity index (χ1n) is 10.1. The summed E-state index contributed by atoms with van der Waals surface area (Å²) in [7, 11) is -4.18. The van der Waals surface area contributed by atoms with E-state index in [-0.39, 0.29) is 16.4 Å². The summed E-state index contributed by atoms with van der Waals surface area (Å²) in [6.45, 7) is 6.56. The number of aryl methyl sites for hydroxylation is 3. The number of hydrogen-bond donors (Lipinski definition) is 2. The summed E-state index contributed by atoms with van der Waals surface area (Å²) < 4.78 is 29.5. The number of nitrogens with one attached hydrogen (secondary N) is 1. The molecule has 2 heterocycles. The van der Waals surface area contributed by atoms with E-state index < -0.39 is 15.9 Å². The molecule has 0 aliphatic rings. The number of carbonyl (C=O) groups excluding carboxylic acids is 1. The maximum Gasteiger partial charge on any atom is 0.281 e. The van der Waals surface area contributed by atoms with Crippen molar-refractivity contribution in [3.05, 3.63) is 88.7 Å². The molecule has 0 saturated carbocycles. The van der Waals surface area contributed by atoms with Gasteiger partial charge in [-0.15, -0.1) is 0 Å². The summed E-state index contributed by atoms with van der Waals surface area (Å²) in [5, 5.41) is 0.540. The van der Waals surface area contributed by atoms with E-state index in [1.165, 1.54) is 23.9 Å². The highest BCUT2D eigenvalue weighted by Crippen LogP contribution is 2.25. The van der Waals surface area contributed by atoms with E-state index in [2.05, 4.69) is 21.8 Å². The Morgan fingerprint density at radius 2 is 1.72 bits per heavy atom. The molecule has 164 valence electrons. The van der Waals surface area contributed by atoms with Gasteiger partial charge in [0.05, 0.1) is 0 Å². The zero-order valence-electron chi connectivity index (χ0n) is 18.1. The van der Waals surface area contributed by atoms with Crippen LogP contribution < -0.4 is 10.5 Å². The van der Waals surface area contributed by atoms with Crippen LogP contribution in [-0.4, -0.2) is 23.9 Å². The van der Waals surface area contributed by atoms with Gasteiger partial charge < -0.3 is 10.3 Å². The molecule has 0 atom stereocenters. The standard InChI is InChI=1S/C24H24N4O3S/c1-15-10-16(2)20(17(3)11-15)14-28-21-7-5-4-6-18(21)12-22(28)24(29)27-32(30,31)23-13-19(25)8-9-26-23/h4-13H,14H2,1-3H3,(H2,25,26)(H,27,29). The lowest BCUT2D eigenvalue weighted by Crippen LogP contribution is -2.32. The van der Waals surface area contributed by atoms with Crippen LogP contribution in [0.2, 0.25) is 0 Å². The van der Waals surface area contributed by atoms with Crippen LogP contribution >= 0.6 is 0 Å². The van der Waals surface area contributed by atoms with E-state index >= 15 is 0 Å². The highest BCUT2D eigenvalue weighted by atomic mass is 32.2. The Labute approximate surface area is 187 Å². The van der Waals surface area contributed by atoms with Crippen LogP contribution in [0.5, 0.6) is 0 Å². The van der Waals surface area contributed by atoms with Gasteiger partial charge in [-0.3, -0.25) is 4.79 Å². The number of anilines is 1. The van der Waals surface area contributed by atoms with E-state index in [0.717, 1.165) is 27.6 Å². The van der Waals surface area contributed by atoms with E-state index in [1.54, 1.807) is 6.07 Å². The fourth-order valence-electron chi connectivity index (χ4n) is 3.98. The first kappa shape index (κ1) is 21.6. The molecule has 0 spiro atoms. The van der Waals surface area contributed by atoms with Crippen LogP contribution in [0.25, 0.3) is 10.9 Å². The molecule has 7 nitrogen and oxygen atoms in total. The Bertz CT molecular complexity index is 1430. The number of amides is 1. The zero-order valence-corrected chi connectivity index (χ0v) is 18.9. The summed E-state index contributed by atoms with van der Waals surface area (Å²) in [4.78, 5) is 17.0. The first-order chi connectivity index (χ1) is 15.2. The van der Waals surface area contributed by atoms with E-state index in [4.69, 9.17) is 5.73 Å². The normalized spacial score (nSPS) is 11.6. The quantitative estimate of drug-likeness (QED) is 0.484. The number of benzene rings is 2. The van der Waals surface area contributed by atoms with Crippen molar-refractivity contribution in [2.75, 3.05) is 5.73 Å². The van der Waals surface area contributed by atoms with Gasteiger partial charge >= 0.3 is 0 Å². The first-order valence-corrected chi connectivity index (χ1v) is 11.6. The molecular weight excluding hydrogens is 424 g/mol. The summed E-state index contributed by atoms with van der Waals surface area (Å²) >= 11 is 0. The van der Waals surface area contributed by atoms with Crippen LogP contribution in [0.15, 0.2) is 65.8 Å². The second kappa shape index (κ2) is 8.12. The number of nitrogens with zero attached hydrogens (tertiary/aromatic N) is 2. The minimum absolute atomic E-state index is 0.243. The van der Waals surface area contributed by atoms with Crippen molar-refractivity contribution in [2.45, 2.75) is 32.3 Å². The molecule has 0 saturated heterocycles. The highest BCUT2D eigenvalue weighted by molar-refractivity contribution is 7.90. The topological polar surface area (TPSA) is 107 Å². The van der Waals surface area contributed by atoms with Gasteiger partial charge in [-0.2, -0.15) is 8.42 Å². The predicted molar refractivity (Wildman–Crippen MR) is 125 cm³/mol. The van der Waals surface area contributed by atoms with Crippen LogP contribution in [0.4, 0.5) is 5.69 Å². The number of sulfonamides is 1. The number of hydrogen-bond acceptors (Lipinski definition) is 5. The average molecular weight is 449 g/mol. The van der Waals surface area contributed by atoms with Crippen LogP contribution in [-0.2, 0) is 16.6 Å². The monoisotopic (exact) mass is 448 g/mol. The van der Waals surface area contributed by atoms with Crippen LogP contribution in [0, 0.1) is 20.8 Å². The molecule has 1 amide bonds. The smallest absolute Gasteiger partial charge is 0.281 e. The largest absolute Gasteiger partial charge is 0.399 e. The predicted octanol–water partition coefficient (Wildman–Crippen LogP) is 3.71. The lowest BCUT2D eigenvalue weighted by Gasteiger charge is -2.16. The van der Waals surface area contributed by atoms with Crippen molar-refractivity contribution in [2.24, 2.45) is 0 Å². The van der Waals surface area contributed by atoms with Crippen LogP contribution in [0.1, 0.15) is 32.7 Å². The Balaban J connectivity index is 1.77. The zero-order chi connectivity index (χ0) is 23.0. The van der Waals surface area contributed by atoms with Gasteiger partial charge in [0, 0.05) is 35.4 Å². The van der Waals surface area contributed by atoms with Gasteiger partial charge in [-0.1, -0.05) is 35.9 Å². The third-order valence-electron chi connectivity index (χ3n) is 5.46. The van der Waals surface area contributed by atoms with Crippen molar-refractivity contribution in [3.8, 4) is 0 Å². The Kier molecular flexibility index (Phi) is 5.48. The molecule has 0 aliphatic carbocycles. The van der Waals surface area contributed by atoms with Crippen LogP contribution in [0.3, 0.4) is 0 Å². The molecule has 0 bridgehead atoms. The third kappa shape index (κ3) is 4.09. The van der Waals surface area contributed by atoms with E-state index in [9.17, 15) is 13.2 Å². The molecule has 2 aromatic heterocycles. The van der Waals surface area contributed by atoms with Gasteiger partial charge in [-0.25, -0.2) is 9.71 Å². The lowest BCUT2D eigenvalue weighted by atomic mass is 9.99. The highest BCUT2D eigenvalue weighted by Gasteiger charge is 2.24. The SMILES string of the molecule is Cc1cc(C)c(Cn2c(C(=O)NS(=O)(=O)c3cc(N)ccn3)cc3ccccc32)c(C)c1. The second-order valence-corrected chi connectivity index (χ2v) is 9.54. The second-order valence-electron chi connectivity index (χ2n) is 7.91. The maximum absolute atomic E-state index is 13.2. The molecule has 4 rings (SSSR count). The molecular formula is C24H24N4O3S. The third-order valence-corrected chi connectivity index (χ3v) is 6.69. The molecule has 2 aromatic carbocycles. The van der Waals surface area contributed by atoms with Crippen molar-refractivity contribution < 1.29 is 13.2 Å². The van der Waals surface area contributed by atoms with Crippen molar-refractivity contribution in [3.63, 3.8) is 0 Å². The van der Waals surface area contributed by atoms with E-state index in [1.807, 2.05) is 49.6 Å². The summed E-state index contributed by atoms with van der Waals surface area (Å²) in [6.07, 6.45) is 1.29. The fourth-order valence-corrected chi connectivity index (χ4v) is 4.93. The summed E-state index contributed by atoms with van der Waals surface area (Å²) in [6, 6.07) is 16.2. The number of rotatable bonds is 5. The Hall–Kier alpha value is -3.65. The molecule has 32 heavy (non-hydrogen) atoms. The van der Waals surface area contributed by atoms with Gasteiger partial charge in [-0.05, 0) is 55.7 Å². The van der Waals surface area contributed by atoms with Gasteiger partial charge in [0.2, 0.25) is 0 Å². The minimum Gasteiger partial charge on any atom is -0.399 e. The van der Waals surface area contributed by atoms with Crippen molar-refractivity contribution in [1.29, 1.82) is 0 Å². The molecule has 8 heteroatoms. The number of carbonyl (C=O) groups is 1. The lowest BCUT2D eigenvalue weighted by molar-refractivity contribution is 0.0973. The molecule has 4 aromatic rings. The average Bonchev–Trinajstić information content (AvgIpc) is 3.09. The summed E-state index contributed by atoms with van der Waals surface area (Å²) in [5.74, 6) is -0.729. The number of para-hydroxylation sites is 1. The Morgan fingerprint density at radius 1 is 1.03 bits per heavy atom. The fraction of sp³-hybridized carbons (Fsp3) is 0.167. The molecule has 0 unspecified atom stereocenters. The number of pyridine rings is 1. The van der Waals surface area contributed by atoms with Gasteiger partial charge in [0.25, 0.3) is 15.9 Å². The molecule has 0 radical (unpaired) electrons. The molecule has 3 N–H and O–H groups in total. The molecule has 0 aliphatic heterocycles.